The Hall–Kier alpha value is -1.95. The van der Waals surface area contributed by atoms with Gasteiger partial charge in [0, 0.05) is 24.7 Å². The minimum absolute atomic E-state index is 0.000629. The van der Waals surface area contributed by atoms with Crippen LogP contribution >= 0.6 is 22.9 Å². The van der Waals surface area contributed by atoms with E-state index in [-0.39, 0.29) is 28.1 Å². The highest BCUT2D eigenvalue weighted by Gasteiger charge is 2.32. The summed E-state index contributed by atoms with van der Waals surface area (Å²) in [6.07, 6.45) is 5.00. The number of hydrogen-bond donors (Lipinski definition) is 2. The van der Waals surface area contributed by atoms with E-state index in [2.05, 4.69) is 15.0 Å². The third kappa shape index (κ3) is 5.89. The molecule has 0 radical (unpaired) electrons. The van der Waals surface area contributed by atoms with E-state index in [9.17, 15) is 17.6 Å². The van der Waals surface area contributed by atoms with E-state index in [1.165, 1.54) is 6.20 Å². The molecule has 32 heavy (non-hydrogen) atoms. The van der Waals surface area contributed by atoms with Gasteiger partial charge in [0.1, 0.15) is 10.7 Å². The zero-order chi connectivity index (χ0) is 23.5. The van der Waals surface area contributed by atoms with E-state index in [0.29, 0.717) is 12.2 Å². The molecule has 8 nitrogen and oxygen atoms in total. The number of carbonyl (C=O) groups excluding carboxylic acids is 1. The van der Waals surface area contributed by atoms with Crippen LogP contribution in [0.3, 0.4) is 0 Å². The molecular weight excluding hydrogens is 477 g/mol. The lowest BCUT2D eigenvalue weighted by atomic mass is 9.89. The zero-order valence-corrected chi connectivity index (χ0v) is 20.5. The van der Waals surface area contributed by atoms with E-state index >= 15 is 0 Å². The highest BCUT2D eigenvalue weighted by atomic mass is 35.5. The minimum atomic E-state index is -4.18. The largest absolute Gasteiger partial charge is 0.379 e. The summed E-state index contributed by atoms with van der Waals surface area (Å²) in [6.45, 7) is 0.299. The zero-order valence-electron chi connectivity index (χ0n) is 18.1. The molecule has 1 heterocycles. The van der Waals surface area contributed by atoms with Crippen LogP contribution in [0, 0.1) is 5.82 Å². The molecule has 1 aromatic carbocycles. The summed E-state index contributed by atoms with van der Waals surface area (Å²) in [4.78, 5) is 19.4. The third-order valence-corrected chi connectivity index (χ3v) is 7.86. The number of amides is 1. The van der Waals surface area contributed by atoms with Crippen LogP contribution in [-0.2, 0) is 14.8 Å². The van der Waals surface area contributed by atoms with Gasteiger partial charge in [0.25, 0.3) is 10.0 Å². The van der Waals surface area contributed by atoms with Crippen molar-refractivity contribution in [1.82, 2.24) is 14.8 Å². The first-order valence-electron chi connectivity index (χ1n) is 10.2. The van der Waals surface area contributed by atoms with Gasteiger partial charge in [-0.3, -0.25) is 9.52 Å². The molecular formula is C20H27ClFN5O3S2. The van der Waals surface area contributed by atoms with Gasteiger partial charge < -0.3 is 15.1 Å². The number of carbonyl (C=O) groups is 1. The van der Waals surface area contributed by atoms with Crippen molar-refractivity contribution in [2.24, 2.45) is 0 Å². The van der Waals surface area contributed by atoms with E-state index in [1.54, 1.807) is 17.3 Å². The lowest BCUT2D eigenvalue weighted by molar-refractivity contribution is -0.133. The molecule has 1 saturated carbocycles. The van der Waals surface area contributed by atoms with Crippen LogP contribution in [0.2, 0.25) is 5.02 Å². The Labute approximate surface area is 196 Å². The van der Waals surface area contributed by atoms with E-state index in [1.807, 2.05) is 19.0 Å². The fraction of sp³-hybridized carbons (Fsp3) is 0.500. The second-order valence-corrected chi connectivity index (χ2v) is 11.0. The molecule has 176 valence electrons. The van der Waals surface area contributed by atoms with Crippen LogP contribution in [0.4, 0.5) is 15.2 Å². The Bertz CT molecular complexity index is 1050. The van der Waals surface area contributed by atoms with Crippen molar-refractivity contribution < 1.29 is 17.6 Å². The first kappa shape index (κ1) is 24.7. The van der Waals surface area contributed by atoms with E-state index in [4.69, 9.17) is 11.6 Å². The van der Waals surface area contributed by atoms with Gasteiger partial charge in [0.15, 0.2) is 5.13 Å². The maximum absolute atomic E-state index is 14.8. The Morgan fingerprint density at radius 1 is 1.28 bits per heavy atom. The lowest BCUT2D eigenvalue weighted by Gasteiger charge is -2.39. The number of benzene rings is 1. The summed E-state index contributed by atoms with van der Waals surface area (Å²) in [5.41, 5.74) is 0.294. The Balaban J connectivity index is 1.80. The van der Waals surface area contributed by atoms with Crippen molar-refractivity contribution in [2.45, 2.75) is 42.7 Å². The second kappa shape index (κ2) is 10.3. The topological polar surface area (TPSA) is 94.6 Å². The number of rotatable bonds is 8. The highest BCUT2D eigenvalue weighted by Crippen LogP contribution is 2.33. The highest BCUT2D eigenvalue weighted by molar-refractivity contribution is 7.93. The molecule has 0 bridgehead atoms. The van der Waals surface area contributed by atoms with Gasteiger partial charge in [-0.05, 0) is 39.1 Å². The van der Waals surface area contributed by atoms with Crippen molar-refractivity contribution in [1.29, 1.82) is 0 Å². The van der Waals surface area contributed by atoms with Crippen molar-refractivity contribution in [3.05, 3.63) is 34.5 Å². The van der Waals surface area contributed by atoms with Gasteiger partial charge >= 0.3 is 0 Å². The summed E-state index contributed by atoms with van der Waals surface area (Å²) >= 11 is 7.43. The molecule has 3 rings (SSSR count). The predicted molar refractivity (Wildman–Crippen MR) is 125 cm³/mol. The van der Waals surface area contributed by atoms with Gasteiger partial charge in [-0.25, -0.2) is 17.8 Å². The van der Waals surface area contributed by atoms with E-state index in [0.717, 1.165) is 49.2 Å². The standard InChI is InChI=1S/C20H27ClFN5O3S2/c1-26(2)12-19(28)27(3)17-7-5-4-6-15(17)24-16-11-14(22)18(10-13(16)21)32(29,30)25-20-23-8-9-31-20/h8-11,15,17,24H,4-7,12H2,1-3H3,(H,23,25)/t15-,17-/m0/s1. The number of nitrogens with zero attached hydrogens (tertiary/aromatic N) is 3. The fourth-order valence-corrected chi connectivity index (χ4v) is 5.96. The number of aromatic nitrogens is 1. The van der Waals surface area contributed by atoms with Crippen LogP contribution in [0.15, 0.2) is 28.6 Å². The van der Waals surface area contributed by atoms with Crippen LogP contribution in [0.25, 0.3) is 0 Å². The quantitative estimate of drug-likeness (QED) is 0.572. The SMILES string of the molecule is CN(C)CC(=O)N(C)[C@H]1CCCC[C@@H]1Nc1cc(F)c(S(=O)(=O)Nc2nccs2)cc1Cl. The normalized spacial score (nSPS) is 19.1. The predicted octanol–water partition coefficient (Wildman–Crippen LogP) is 3.48. The van der Waals surface area contributed by atoms with Crippen LogP contribution < -0.4 is 10.0 Å². The van der Waals surface area contributed by atoms with E-state index < -0.39 is 20.7 Å². The number of halogens is 2. The number of nitrogens with one attached hydrogen (secondary N) is 2. The molecule has 0 saturated heterocycles. The van der Waals surface area contributed by atoms with Gasteiger partial charge in [-0.15, -0.1) is 11.3 Å². The van der Waals surface area contributed by atoms with Crippen LogP contribution in [-0.4, -0.2) is 68.9 Å². The summed E-state index contributed by atoms with van der Waals surface area (Å²) in [5.74, 6) is -0.925. The summed E-state index contributed by atoms with van der Waals surface area (Å²) < 4.78 is 42.2. The monoisotopic (exact) mass is 503 g/mol. The molecule has 1 aromatic heterocycles. The molecule has 12 heteroatoms. The minimum Gasteiger partial charge on any atom is -0.379 e. The Kier molecular flexibility index (Phi) is 7.97. The summed E-state index contributed by atoms with van der Waals surface area (Å²) in [6, 6.07) is 1.97. The molecule has 0 aliphatic heterocycles. The smallest absolute Gasteiger partial charge is 0.266 e. The first-order chi connectivity index (χ1) is 15.1. The van der Waals surface area contributed by atoms with Crippen molar-refractivity contribution in [3.63, 3.8) is 0 Å². The molecule has 2 atom stereocenters. The average molecular weight is 504 g/mol. The molecule has 1 amide bonds. The summed E-state index contributed by atoms with van der Waals surface area (Å²) in [7, 11) is 1.27. The fourth-order valence-electron chi connectivity index (χ4n) is 3.80. The molecule has 2 aromatic rings. The van der Waals surface area contributed by atoms with Gasteiger partial charge in [0.2, 0.25) is 5.91 Å². The molecule has 1 aliphatic rings. The Morgan fingerprint density at radius 2 is 2.00 bits per heavy atom. The van der Waals surface area contributed by atoms with Crippen molar-refractivity contribution in [2.75, 3.05) is 37.7 Å². The molecule has 0 spiro atoms. The number of likely N-dealkylation sites (N-methyl/N-ethyl adjacent to an activating group) is 2. The van der Waals surface area contributed by atoms with Gasteiger partial charge in [-0.1, -0.05) is 24.4 Å². The van der Waals surface area contributed by atoms with Crippen LogP contribution in [0.5, 0.6) is 0 Å². The lowest BCUT2D eigenvalue weighted by Crippen LogP contribution is -2.51. The number of anilines is 2. The molecule has 2 N–H and O–H groups in total. The van der Waals surface area contributed by atoms with Gasteiger partial charge in [0.05, 0.1) is 23.3 Å². The average Bonchev–Trinajstić information content (AvgIpc) is 3.22. The maximum Gasteiger partial charge on any atom is 0.266 e. The number of hydrogen-bond acceptors (Lipinski definition) is 7. The first-order valence-corrected chi connectivity index (χ1v) is 12.9. The number of thiazole rings is 1. The van der Waals surface area contributed by atoms with Gasteiger partial charge in [-0.2, -0.15) is 0 Å². The van der Waals surface area contributed by atoms with Crippen LogP contribution in [0.1, 0.15) is 25.7 Å². The molecule has 0 unspecified atom stereocenters. The molecule has 1 fully saturated rings. The molecule has 1 aliphatic carbocycles. The second-order valence-electron chi connectivity index (χ2n) is 8.05. The van der Waals surface area contributed by atoms with Crippen molar-refractivity contribution >= 4 is 49.7 Å². The summed E-state index contributed by atoms with van der Waals surface area (Å²) in [5, 5.41) is 5.07. The third-order valence-electron chi connectivity index (χ3n) is 5.38. The maximum atomic E-state index is 14.8. The number of sulfonamides is 1. The van der Waals surface area contributed by atoms with Crippen molar-refractivity contribution in [3.8, 4) is 0 Å². The Morgan fingerprint density at radius 3 is 2.66 bits per heavy atom.